The summed E-state index contributed by atoms with van der Waals surface area (Å²) in [7, 11) is -0.695. The van der Waals surface area contributed by atoms with Crippen LogP contribution in [0.25, 0.3) is 0 Å². The molecule has 0 saturated heterocycles. The van der Waals surface area contributed by atoms with Crippen molar-refractivity contribution in [3.8, 4) is 0 Å². The van der Waals surface area contributed by atoms with Crippen molar-refractivity contribution in [2.45, 2.75) is 11.9 Å². The van der Waals surface area contributed by atoms with Crippen molar-refractivity contribution in [3.05, 3.63) is 23.8 Å². The summed E-state index contributed by atoms with van der Waals surface area (Å²) in [6.45, 7) is 1.69. The third-order valence-electron chi connectivity index (χ3n) is 2.92. The molecule has 10 nitrogen and oxygen atoms in total. The predicted octanol–water partition coefficient (Wildman–Crippen LogP) is -0.643. The number of hydrogen-bond donors (Lipinski definition) is 3. The van der Waals surface area contributed by atoms with Gasteiger partial charge in [-0.3, -0.25) is 9.40 Å². The molecule has 0 atom stereocenters. The van der Waals surface area contributed by atoms with Gasteiger partial charge < -0.3 is 15.5 Å². The molecule has 4 N–H and O–H groups in total. The quantitative estimate of drug-likeness (QED) is 0.297. The molecule has 21 heavy (non-hydrogen) atoms. The van der Waals surface area contributed by atoms with Gasteiger partial charge >= 0.3 is 0 Å². The molecule has 2 heterocycles. The standard InChI is InChI=1S/C10H15N7O3S/c1-6-13-8(5-16(6)2)21(19,20)15-10-7(9(11)14-18)4-12-17(10)3/h4-5,15,18H,1-3H3,(H2,11,14). The maximum atomic E-state index is 12.3. The molecule has 0 aliphatic carbocycles. The molecule has 0 spiro atoms. The van der Waals surface area contributed by atoms with E-state index in [9.17, 15) is 8.42 Å². The second-order valence-corrected chi connectivity index (χ2v) is 5.99. The number of imidazole rings is 1. The molecule has 2 aromatic heterocycles. The highest BCUT2D eigenvalue weighted by Gasteiger charge is 2.23. The molecule has 0 aromatic carbocycles. The van der Waals surface area contributed by atoms with E-state index in [0.717, 1.165) is 0 Å². The first-order valence-corrected chi connectivity index (χ1v) is 7.27. The number of amidine groups is 1. The van der Waals surface area contributed by atoms with Gasteiger partial charge in [0, 0.05) is 20.3 Å². The summed E-state index contributed by atoms with van der Waals surface area (Å²) >= 11 is 0. The fraction of sp³-hybridized carbons (Fsp3) is 0.300. The Balaban J connectivity index is 2.44. The molecule has 114 valence electrons. The Bertz CT molecular complexity index is 783. The fourth-order valence-electron chi connectivity index (χ4n) is 1.64. The Labute approximate surface area is 120 Å². The van der Waals surface area contributed by atoms with Crippen LogP contribution < -0.4 is 10.5 Å². The third kappa shape index (κ3) is 2.67. The number of nitrogens with zero attached hydrogens (tertiary/aromatic N) is 5. The second kappa shape index (κ2) is 5.09. The third-order valence-corrected chi connectivity index (χ3v) is 4.12. The molecular weight excluding hydrogens is 298 g/mol. The van der Waals surface area contributed by atoms with E-state index in [1.54, 1.807) is 18.5 Å². The fourth-order valence-corrected chi connectivity index (χ4v) is 2.79. The van der Waals surface area contributed by atoms with Crippen LogP contribution in [0.3, 0.4) is 0 Å². The molecule has 0 unspecified atom stereocenters. The summed E-state index contributed by atoms with van der Waals surface area (Å²) in [4.78, 5) is 3.96. The van der Waals surface area contributed by atoms with E-state index in [1.165, 1.54) is 24.1 Å². The summed E-state index contributed by atoms with van der Waals surface area (Å²) in [5.41, 5.74) is 5.65. The Kier molecular flexibility index (Phi) is 3.60. The van der Waals surface area contributed by atoms with Gasteiger partial charge in [-0.1, -0.05) is 5.16 Å². The molecule has 0 aliphatic heterocycles. The average molecular weight is 313 g/mol. The van der Waals surface area contributed by atoms with Crippen LogP contribution >= 0.6 is 0 Å². The van der Waals surface area contributed by atoms with Crippen LogP contribution in [0.1, 0.15) is 11.4 Å². The first-order chi connectivity index (χ1) is 9.76. The molecular formula is C10H15N7O3S. The Hall–Kier alpha value is -2.56. The van der Waals surface area contributed by atoms with E-state index < -0.39 is 10.0 Å². The Morgan fingerprint density at radius 1 is 1.48 bits per heavy atom. The first-order valence-electron chi connectivity index (χ1n) is 5.79. The van der Waals surface area contributed by atoms with E-state index in [4.69, 9.17) is 10.9 Å². The molecule has 0 aliphatic rings. The zero-order valence-corrected chi connectivity index (χ0v) is 12.5. The highest BCUT2D eigenvalue weighted by atomic mass is 32.2. The molecule has 11 heteroatoms. The summed E-state index contributed by atoms with van der Waals surface area (Å²) < 4.78 is 29.8. The molecule has 0 radical (unpaired) electrons. The number of nitrogens with two attached hydrogens (primary N) is 1. The molecule has 0 bridgehead atoms. The molecule has 2 rings (SSSR count). The van der Waals surface area contributed by atoms with Gasteiger partial charge in [0.2, 0.25) is 0 Å². The minimum absolute atomic E-state index is 0.0774. The van der Waals surface area contributed by atoms with Crippen molar-refractivity contribution in [2.24, 2.45) is 25.0 Å². The lowest BCUT2D eigenvalue weighted by molar-refractivity contribution is 0.318. The highest BCUT2D eigenvalue weighted by Crippen LogP contribution is 2.19. The summed E-state index contributed by atoms with van der Waals surface area (Å²) in [5.74, 6) is 0.378. The Morgan fingerprint density at radius 2 is 2.14 bits per heavy atom. The van der Waals surface area contributed by atoms with Gasteiger partial charge in [0.05, 0.1) is 11.8 Å². The van der Waals surface area contributed by atoms with Crippen LogP contribution in [-0.2, 0) is 24.1 Å². The lowest BCUT2D eigenvalue weighted by atomic mass is 10.3. The zero-order valence-electron chi connectivity index (χ0n) is 11.6. The van der Waals surface area contributed by atoms with Crippen molar-refractivity contribution in [2.75, 3.05) is 4.72 Å². The number of aryl methyl sites for hydroxylation is 3. The van der Waals surface area contributed by atoms with Crippen molar-refractivity contribution < 1.29 is 13.6 Å². The Morgan fingerprint density at radius 3 is 2.67 bits per heavy atom. The van der Waals surface area contributed by atoms with Gasteiger partial charge in [0.15, 0.2) is 10.9 Å². The van der Waals surface area contributed by atoms with E-state index in [2.05, 4.69) is 20.0 Å². The highest BCUT2D eigenvalue weighted by molar-refractivity contribution is 7.92. The topological polar surface area (TPSA) is 140 Å². The van der Waals surface area contributed by atoms with Gasteiger partial charge in [0.25, 0.3) is 10.0 Å². The summed E-state index contributed by atoms with van der Waals surface area (Å²) in [6.07, 6.45) is 2.67. The number of aromatic nitrogens is 4. The zero-order chi connectivity index (χ0) is 15.8. The SMILES string of the molecule is Cc1nc(S(=O)(=O)Nc2c(C(N)=NO)cnn2C)cn1C. The average Bonchev–Trinajstić information content (AvgIpc) is 2.94. The van der Waals surface area contributed by atoms with Gasteiger partial charge in [-0.25, -0.2) is 4.98 Å². The largest absolute Gasteiger partial charge is 0.409 e. The number of anilines is 1. The predicted molar refractivity (Wildman–Crippen MR) is 74.5 cm³/mol. The minimum atomic E-state index is -3.91. The van der Waals surface area contributed by atoms with E-state index in [0.29, 0.717) is 5.82 Å². The monoisotopic (exact) mass is 313 g/mol. The van der Waals surface area contributed by atoms with Crippen LogP contribution in [-0.4, -0.2) is 38.8 Å². The second-order valence-electron chi connectivity index (χ2n) is 4.36. The number of oxime groups is 1. The van der Waals surface area contributed by atoms with Crippen LogP contribution in [0.4, 0.5) is 5.82 Å². The maximum absolute atomic E-state index is 12.3. The summed E-state index contributed by atoms with van der Waals surface area (Å²) in [6, 6.07) is 0. The number of hydrogen-bond acceptors (Lipinski definition) is 6. The van der Waals surface area contributed by atoms with Gasteiger partial charge in [-0.05, 0) is 6.92 Å². The van der Waals surface area contributed by atoms with Crippen molar-refractivity contribution in [1.29, 1.82) is 0 Å². The molecule has 2 aromatic rings. The van der Waals surface area contributed by atoms with Gasteiger partial charge in [-0.2, -0.15) is 13.5 Å². The van der Waals surface area contributed by atoms with Crippen LogP contribution in [0, 0.1) is 6.92 Å². The van der Waals surface area contributed by atoms with E-state index in [-0.39, 0.29) is 22.2 Å². The summed E-state index contributed by atoms with van der Waals surface area (Å²) in [5, 5.41) is 15.3. The number of sulfonamides is 1. The van der Waals surface area contributed by atoms with Gasteiger partial charge in [0.1, 0.15) is 11.6 Å². The van der Waals surface area contributed by atoms with E-state index in [1.807, 2.05) is 0 Å². The van der Waals surface area contributed by atoms with Crippen LogP contribution in [0.15, 0.2) is 22.6 Å². The molecule has 0 saturated carbocycles. The van der Waals surface area contributed by atoms with Crippen LogP contribution in [0.2, 0.25) is 0 Å². The van der Waals surface area contributed by atoms with Gasteiger partial charge in [-0.15, -0.1) is 0 Å². The molecule has 0 fully saturated rings. The number of nitrogens with one attached hydrogen (secondary N) is 1. The van der Waals surface area contributed by atoms with E-state index >= 15 is 0 Å². The minimum Gasteiger partial charge on any atom is -0.409 e. The number of rotatable bonds is 4. The van der Waals surface area contributed by atoms with Crippen molar-refractivity contribution in [1.82, 2.24) is 19.3 Å². The van der Waals surface area contributed by atoms with Crippen molar-refractivity contribution >= 4 is 21.7 Å². The van der Waals surface area contributed by atoms with Crippen LogP contribution in [0.5, 0.6) is 0 Å². The first kappa shape index (κ1) is 14.8. The smallest absolute Gasteiger partial charge is 0.282 e. The lowest BCUT2D eigenvalue weighted by Gasteiger charge is -2.08. The molecule has 0 amide bonds. The normalized spacial score (nSPS) is 12.6. The maximum Gasteiger partial charge on any atom is 0.282 e. The van der Waals surface area contributed by atoms with Crippen molar-refractivity contribution in [3.63, 3.8) is 0 Å². The lowest BCUT2D eigenvalue weighted by Crippen LogP contribution is -2.20.